The van der Waals surface area contributed by atoms with Gasteiger partial charge in [0.1, 0.15) is 16.1 Å². The lowest BCUT2D eigenvalue weighted by molar-refractivity contribution is 0.0990. The summed E-state index contributed by atoms with van der Waals surface area (Å²) in [4.78, 5) is 21.0. The van der Waals surface area contributed by atoms with Crippen LogP contribution in [0.3, 0.4) is 0 Å². The summed E-state index contributed by atoms with van der Waals surface area (Å²) in [6, 6.07) is 15.7. The van der Waals surface area contributed by atoms with Gasteiger partial charge >= 0.3 is 0 Å². The molecule has 2 aromatic carbocycles. The number of fused-ring (bicyclic) bond motifs is 2. The number of carbonyl (C=O) groups excluding carboxylic acids is 1. The van der Waals surface area contributed by atoms with Crippen molar-refractivity contribution in [3.05, 3.63) is 69.8 Å². The summed E-state index contributed by atoms with van der Waals surface area (Å²) >= 11 is 9.56. The minimum Gasteiger partial charge on any atom is -0.492 e. The minimum atomic E-state index is -0.162. The molecule has 9 heteroatoms. The number of carbonyl (C=O) groups is 1. The van der Waals surface area contributed by atoms with Crippen LogP contribution < -0.4 is 9.64 Å². The average molecular weight is 511 g/mol. The van der Waals surface area contributed by atoms with Crippen molar-refractivity contribution in [3.8, 4) is 5.75 Å². The highest BCUT2D eigenvalue weighted by molar-refractivity contribution is 7.23. The molecule has 174 valence electrons. The second-order valence-electron chi connectivity index (χ2n) is 7.88. The first-order valence-electron chi connectivity index (χ1n) is 11.0. The highest BCUT2D eigenvalue weighted by Crippen LogP contribution is 2.39. The highest BCUT2D eigenvalue weighted by atomic mass is 35.5. The second-order valence-corrected chi connectivity index (χ2v) is 10.3. The Labute approximate surface area is 210 Å². The van der Waals surface area contributed by atoms with E-state index in [0.717, 1.165) is 31.7 Å². The molecule has 0 spiro atoms. The Kier molecular flexibility index (Phi) is 6.29. The predicted molar refractivity (Wildman–Crippen MR) is 141 cm³/mol. The maximum atomic E-state index is 13.9. The molecule has 0 bridgehead atoms. The highest BCUT2D eigenvalue weighted by Gasteiger charge is 2.27. The zero-order valence-electron chi connectivity index (χ0n) is 19.0. The molecule has 0 atom stereocenters. The number of rotatable bonds is 7. The number of aryl methyl sites for hydroxylation is 2. The topological polar surface area (TPSA) is 60.2 Å². The van der Waals surface area contributed by atoms with Crippen molar-refractivity contribution in [2.75, 3.05) is 18.1 Å². The number of anilines is 1. The lowest BCUT2D eigenvalue weighted by atomic mass is 10.2. The third-order valence-electron chi connectivity index (χ3n) is 5.51. The lowest BCUT2D eigenvalue weighted by Crippen LogP contribution is -2.34. The van der Waals surface area contributed by atoms with Gasteiger partial charge in [0.15, 0.2) is 5.13 Å². The van der Waals surface area contributed by atoms with Gasteiger partial charge in [-0.2, -0.15) is 5.10 Å². The fraction of sp³-hybridized carbons (Fsp3) is 0.240. The van der Waals surface area contributed by atoms with Crippen LogP contribution in [-0.2, 0) is 6.54 Å². The smallest absolute Gasteiger partial charge is 0.271 e. The number of halogens is 1. The Morgan fingerprint density at radius 2 is 1.91 bits per heavy atom. The van der Waals surface area contributed by atoms with Crippen LogP contribution in [0, 0.1) is 13.8 Å². The van der Waals surface area contributed by atoms with Gasteiger partial charge in [-0.05, 0) is 45.0 Å². The molecule has 0 saturated carbocycles. The van der Waals surface area contributed by atoms with Gasteiger partial charge in [-0.25, -0.2) is 4.98 Å². The SMILES string of the molecule is CCOc1cccc2sc(N(CCn3nc(C)cc3C)C(=O)c3sc4ccccc4c3Cl)nc12. The molecule has 5 rings (SSSR count). The van der Waals surface area contributed by atoms with E-state index in [1.54, 1.807) is 4.90 Å². The first-order chi connectivity index (χ1) is 16.5. The van der Waals surface area contributed by atoms with Crippen LogP contribution in [0.5, 0.6) is 5.75 Å². The number of hydrogen-bond acceptors (Lipinski definition) is 6. The molecule has 0 aliphatic heterocycles. The first-order valence-corrected chi connectivity index (χ1v) is 13.0. The number of ether oxygens (including phenoxy) is 1. The van der Waals surface area contributed by atoms with Crippen LogP contribution in [-0.4, -0.2) is 33.8 Å². The Morgan fingerprint density at radius 1 is 1.12 bits per heavy atom. The molecule has 0 N–H and O–H groups in total. The monoisotopic (exact) mass is 510 g/mol. The van der Waals surface area contributed by atoms with Crippen molar-refractivity contribution in [2.24, 2.45) is 0 Å². The number of thiazole rings is 1. The van der Waals surface area contributed by atoms with E-state index in [4.69, 9.17) is 21.3 Å². The fourth-order valence-electron chi connectivity index (χ4n) is 3.95. The van der Waals surface area contributed by atoms with E-state index in [9.17, 15) is 4.79 Å². The van der Waals surface area contributed by atoms with Crippen LogP contribution in [0.4, 0.5) is 5.13 Å². The Bertz CT molecular complexity index is 1500. The molecule has 0 aliphatic rings. The zero-order chi connectivity index (χ0) is 23.8. The molecule has 3 heterocycles. The molecule has 1 amide bonds. The summed E-state index contributed by atoms with van der Waals surface area (Å²) in [6.45, 7) is 7.42. The van der Waals surface area contributed by atoms with Crippen molar-refractivity contribution in [1.82, 2.24) is 14.8 Å². The van der Waals surface area contributed by atoms with Crippen molar-refractivity contribution in [1.29, 1.82) is 0 Å². The van der Waals surface area contributed by atoms with E-state index >= 15 is 0 Å². The molecule has 3 aromatic heterocycles. The number of nitrogens with zero attached hydrogens (tertiary/aromatic N) is 4. The molecule has 0 fully saturated rings. The van der Waals surface area contributed by atoms with Gasteiger partial charge in [0.05, 0.1) is 28.6 Å². The minimum absolute atomic E-state index is 0.162. The summed E-state index contributed by atoms with van der Waals surface area (Å²) in [6.07, 6.45) is 0. The predicted octanol–water partition coefficient (Wildman–Crippen LogP) is 6.72. The number of hydrogen-bond donors (Lipinski definition) is 0. The summed E-state index contributed by atoms with van der Waals surface area (Å²) in [5.74, 6) is 0.554. The van der Waals surface area contributed by atoms with E-state index in [0.29, 0.717) is 40.5 Å². The Balaban J connectivity index is 1.57. The number of benzene rings is 2. The largest absolute Gasteiger partial charge is 0.492 e. The molecule has 0 saturated heterocycles. The van der Waals surface area contributed by atoms with Crippen molar-refractivity contribution in [2.45, 2.75) is 27.3 Å². The van der Waals surface area contributed by atoms with Crippen LogP contribution in [0.15, 0.2) is 48.5 Å². The van der Waals surface area contributed by atoms with Gasteiger partial charge in [-0.1, -0.05) is 47.2 Å². The molecule has 0 unspecified atom stereocenters. The Hall–Kier alpha value is -2.94. The van der Waals surface area contributed by atoms with Gasteiger partial charge in [0, 0.05) is 22.3 Å². The molecule has 34 heavy (non-hydrogen) atoms. The normalized spacial score (nSPS) is 11.4. The van der Waals surface area contributed by atoms with Gasteiger partial charge in [-0.3, -0.25) is 14.4 Å². The first kappa shape index (κ1) is 22.8. The molecule has 0 aliphatic carbocycles. The summed E-state index contributed by atoms with van der Waals surface area (Å²) in [5, 5.41) is 6.54. The van der Waals surface area contributed by atoms with E-state index in [1.165, 1.54) is 22.7 Å². The summed E-state index contributed by atoms with van der Waals surface area (Å²) < 4.78 is 9.64. The number of amides is 1. The molecular formula is C25H23ClN4O2S2. The van der Waals surface area contributed by atoms with Crippen molar-refractivity contribution < 1.29 is 9.53 Å². The lowest BCUT2D eigenvalue weighted by Gasteiger charge is -2.20. The number of aromatic nitrogens is 3. The molecule has 6 nitrogen and oxygen atoms in total. The zero-order valence-corrected chi connectivity index (χ0v) is 21.4. The molecule has 5 aromatic rings. The fourth-order valence-corrected chi connectivity index (χ4v) is 6.42. The van der Waals surface area contributed by atoms with E-state index in [1.807, 2.05) is 74.0 Å². The van der Waals surface area contributed by atoms with Crippen LogP contribution >= 0.6 is 34.3 Å². The summed E-state index contributed by atoms with van der Waals surface area (Å²) in [5.41, 5.74) is 2.76. The van der Waals surface area contributed by atoms with Gasteiger partial charge in [0.2, 0.25) is 0 Å². The second kappa shape index (κ2) is 9.37. The van der Waals surface area contributed by atoms with Crippen molar-refractivity contribution >= 4 is 65.6 Å². The Morgan fingerprint density at radius 3 is 2.65 bits per heavy atom. The van der Waals surface area contributed by atoms with Crippen LogP contribution in [0.25, 0.3) is 20.3 Å². The van der Waals surface area contributed by atoms with Gasteiger partial charge in [-0.15, -0.1) is 11.3 Å². The van der Waals surface area contributed by atoms with Gasteiger partial charge in [0.25, 0.3) is 5.91 Å². The van der Waals surface area contributed by atoms with E-state index in [-0.39, 0.29) is 5.91 Å². The van der Waals surface area contributed by atoms with Crippen molar-refractivity contribution in [3.63, 3.8) is 0 Å². The molecule has 0 radical (unpaired) electrons. The van der Waals surface area contributed by atoms with Crippen LogP contribution in [0.2, 0.25) is 5.02 Å². The maximum absolute atomic E-state index is 13.9. The average Bonchev–Trinajstić information content (AvgIpc) is 3.50. The van der Waals surface area contributed by atoms with E-state index in [2.05, 4.69) is 5.10 Å². The maximum Gasteiger partial charge on any atom is 0.271 e. The number of thiophene rings is 1. The van der Waals surface area contributed by atoms with Crippen LogP contribution in [0.1, 0.15) is 28.0 Å². The van der Waals surface area contributed by atoms with Gasteiger partial charge < -0.3 is 4.74 Å². The quantitative estimate of drug-likeness (QED) is 0.244. The number of para-hydroxylation sites is 1. The third kappa shape index (κ3) is 4.17. The summed E-state index contributed by atoms with van der Waals surface area (Å²) in [7, 11) is 0. The van der Waals surface area contributed by atoms with E-state index < -0.39 is 0 Å². The molecular weight excluding hydrogens is 488 g/mol. The standard InChI is InChI=1S/C25H23ClN4O2S2/c1-4-32-18-9-7-11-20-22(18)27-25(34-20)29(12-13-30-16(3)14-15(2)28-30)24(31)23-21(26)17-8-5-6-10-19(17)33-23/h5-11,14H,4,12-13H2,1-3H3. The third-order valence-corrected chi connectivity index (χ3v) is 8.22.